The summed E-state index contributed by atoms with van der Waals surface area (Å²) >= 11 is 0. The number of aromatic nitrogens is 1. The molecule has 0 amide bonds. The molecular weight excluding hydrogens is 256 g/mol. The molecule has 0 radical (unpaired) electrons. The summed E-state index contributed by atoms with van der Waals surface area (Å²) < 4.78 is 15.8. The molecule has 112 valence electrons. The van der Waals surface area contributed by atoms with Gasteiger partial charge in [-0.1, -0.05) is 0 Å². The highest BCUT2D eigenvalue weighted by Crippen LogP contribution is 2.48. The molecule has 20 heavy (non-hydrogen) atoms. The first-order valence-corrected chi connectivity index (χ1v) is 7.00. The number of nitrogens with zero attached hydrogens (tertiary/aromatic N) is 1. The van der Waals surface area contributed by atoms with Crippen LogP contribution in [0.3, 0.4) is 0 Å². The van der Waals surface area contributed by atoms with Crippen LogP contribution in [0.4, 0.5) is 0 Å². The van der Waals surface area contributed by atoms with Crippen molar-refractivity contribution in [2.45, 2.75) is 25.8 Å². The first-order valence-electron chi connectivity index (χ1n) is 7.00. The van der Waals surface area contributed by atoms with Crippen molar-refractivity contribution in [3.8, 4) is 11.5 Å². The fraction of sp³-hybridized carbons (Fsp3) is 0.667. The molecule has 2 rings (SSSR count). The van der Waals surface area contributed by atoms with Crippen molar-refractivity contribution in [2.75, 3.05) is 34.5 Å². The molecule has 0 atom stereocenters. The summed E-state index contributed by atoms with van der Waals surface area (Å²) in [4.78, 5) is 4.37. The average Bonchev–Trinajstić information content (AvgIpc) is 3.25. The van der Waals surface area contributed by atoms with Gasteiger partial charge >= 0.3 is 0 Å². The van der Waals surface area contributed by atoms with Crippen LogP contribution in [0, 0.1) is 5.41 Å². The molecular formula is C15H24N2O3. The topological polar surface area (TPSA) is 52.6 Å². The van der Waals surface area contributed by atoms with E-state index in [9.17, 15) is 0 Å². The third-order valence-electron chi connectivity index (χ3n) is 3.95. The van der Waals surface area contributed by atoms with Gasteiger partial charge in [0, 0.05) is 39.1 Å². The first-order chi connectivity index (χ1) is 9.74. The van der Waals surface area contributed by atoms with Crippen molar-refractivity contribution >= 4 is 0 Å². The quantitative estimate of drug-likeness (QED) is 0.750. The van der Waals surface area contributed by atoms with E-state index >= 15 is 0 Å². The van der Waals surface area contributed by atoms with E-state index in [0.717, 1.165) is 31.0 Å². The van der Waals surface area contributed by atoms with Gasteiger partial charge in [0.2, 0.25) is 0 Å². The van der Waals surface area contributed by atoms with E-state index in [0.29, 0.717) is 17.7 Å². The number of pyridine rings is 1. The normalized spacial score (nSPS) is 15.9. The van der Waals surface area contributed by atoms with E-state index in [-0.39, 0.29) is 0 Å². The highest BCUT2D eigenvalue weighted by Gasteiger charge is 2.41. The Labute approximate surface area is 120 Å². The third-order valence-corrected chi connectivity index (χ3v) is 3.95. The van der Waals surface area contributed by atoms with Crippen LogP contribution in [0.1, 0.15) is 25.0 Å². The Hall–Kier alpha value is -1.33. The third kappa shape index (κ3) is 3.61. The molecule has 1 aliphatic carbocycles. The number of rotatable bonds is 9. The fourth-order valence-corrected chi connectivity index (χ4v) is 2.43. The molecule has 1 heterocycles. The van der Waals surface area contributed by atoms with Crippen molar-refractivity contribution in [1.29, 1.82) is 0 Å². The van der Waals surface area contributed by atoms with Crippen molar-refractivity contribution in [1.82, 2.24) is 10.3 Å². The minimum Gasteiger partial charge on any atom is -0.493 e. The van der Waals surface area contributed by atoms with Gasteiger partial charge in [-0.25, -0.2) is 0 Å². The van der Waals surface area contributed by atoms with Crippen molar-refractivity contribution in [3.05, 3.63) is 18.0 Å². The number of nitrogens with one attached hydrogen (secondary N) is 1. The Balaban J connectivity index is 1.88. The second-order valence-electron chi connectivity index (χ2n) is 5.34. The lowest BCUT2D eigenvalue weighted by molar-refractivity contribution is 0.171. The van der Waals surface area contributed by atoms with Gasteiger partial charge in [0.1, 0.15) is 0 Å². The van der Waals surface area contributed by atoms with Crippen LogP contribution < -0.4 is 14.8 Å². The first kappa shape index (κ1) is 15.1. The van der Waals surface area contributed by atoms with Gasteiger partial charge in [0.15, 0.2) is 11.5 Å². The zero-order valence-corrected chi connectivity index (χ0v) is 12.6. The summed E-state index contributed by atoms with van der Waals surface area (Å²) in [5.41, 5.74) is 1.32. The lowest BCUT2D eigenvalue weighted by Crippen LogP contribution is -2.25. The van der Waals surface area contributed by atoms with Crippen LogP contribution in [0.5, 0.6) is 11.5 Å². The lowest BCUT2D eigenvalue weighted by Gasteiger charge is -2.16. The summed E-state index contributed by atoms with van der Waals surface area (Å²) in [7, 11) is 5.04. The molecule has 0 aliphatic heterocycles. The average molecular weight is 280 g/mol. The number of ether oxygens (including phenoxy) is 3. The van der Waals surface area contributed by atoms with Gasteiger partial charge in [-0.15, -0.1) is 0 Å². The van der Waals surface area contributed by atoms with E-state index in [2.05, 4.69) is 10.3 Å². The molecule has 0 unspecified atom stereocenters. The van der Waals surface area contributed by atoms with E-state index in [1.165, 1.54) is 12.8 Å². The molecule has 1 aromatic rings. The summed E-state index contributed by atoms with van der Waals surface area (Å²) in [6.45, 7) is 2.52. The Morgan fingerprint density at radius 2 is 2.05 bits per heavy atom. The van der Waals surface area contributed by atoms with Gasteiger partial charge in [0.05, 0.1) is 19.9 Å². The zero-order valence-electron chi connectivity index (χ0n) is 12.6. The summed E-state index contributed by atoms with van der Waals surface area (Å²) in [6, 6.07) is 1.81. The highest BCUT2D eigenvalue weighted by atomic mass is 16.5. The molecule has 1 aliphatic rings. The van der Waals surface area contributed by atoms with Gasteiger partial charge in [0.25, 0.3) is 0 Å². The van der Waals surface area contributed by atoms with E-state index < -0.39 is 0 Å². The van der Waals surface area contributed by atoms with Gasteiger partial charge in [-0.3, -0.25) is 4.98 Å². The van der Waals surface area contributed by atoms with Crippen molar-refractivity contribution in [3.63, 3.8) is 0 Å². The molecule has 1 fully saturated rings. The molecule has 0 saturated heterocycles. The predicted molar refractivity (Wildman–Crippen MR) is 77.2 cm³/mol. The maximum Gasteiger partial charge on any atom is 0.183 e. The smallest absolute Gasteiger partial charge is 0.183 e. The van der Waals surface area contributed by atoms with Crippen LogP contribution in [-0.4, -0.2) is 39.5 Å². The molecule has 0 bridgehead atoms. The van der Waals surface area contributed by atoms with Crippen LogP contribution in [0.2, 0.25) is 0 Å². The minimum atomic E-state index is 0.433. The molecule has 0 spiro atoms. The van der Waals surface area contributed by atoms with E-state index in [1.54, 1.807) is 27.5 Å². The Morgan fingerprint density at radius 1 is 1.25 bits per heavy atom. The van der Waals surface area contributed by atoms with Gasteiger partial charge < -0.3 is 19.5 Å². The summed E-state index contributed by atoms with van der Waals surface area (Å²) in [5.74, 6) is 1.43. The molecule has 1 N–H and O–H groups in total. The Morgan fingerprint density at radius 3 is 2.65 bits per heavy atom. The Kier molecular flexibility index (Phi) is 5.20. The summed E-state index contributed by atoms with van der Waals surface area (Å²) in [6.07, 6.45) is 5.44. The number of hydrogen-bond acceptors (Lipinski definition) is 5. The second-order valence-corrected chi connectivity index (χ2v) is 5.34. The second kappa shape index (κ2) is 6.90. The maximum absolute atomic E-state index is 5.38. The lowest BCUT2D eigenvalue weighted by atomic mass is 10.0. The van der Waals surface area contributed by atoms with E-state index in [4.69, 9.17) is 14.2 Å². The molecule has 5 heteroatoms. The molecule has 1 saturated carbocycles. The molecule has 1 aromatic heterocycles. The minimum absolute atomic E-state index is 0.433. The van der Waals surface area contributed by atoms with Crippen molar-refractivity contribution < 1.29 is 14.2 Å². The highest BCUT2D eigenvalue weighted by molar-refractivity contribution is 5.42. The monoisotopic (exact) mass is 280 g/mol. The van der Waals surface area contributed by atoms with Gasteiger partial charge in [-0.2, -0.15) is 0 Å². The summed E-state index contributed by atoms with van der Waals surface area (Å²) in [5, 5.41) is 3.49. The largest absolute Gasteiger partial charge is 0.493 e. The fourth-order valence-electron chi connectivity index (χ4n) is 2.43. The van der Waals surface area contributed by atoms with E-state index in [1.807, 2.05) is 6.07 Å². The number of methoxy groups -OCH3 is 3. The molecule has 5 nitrogen and oxygen atoms in total. The molecule has 0 aromatic carbocycles. The van der Waals surface area contributed by atoms with Crippen LogP contribution >= 0.6 is 0 Å². The SMILES string of the molecule is COCCC1(CNCc2nccc(OC)c2OC)CC1. The van der Waals surface area contributed by atoms with Crippen LogP contribution in [0.25, 0.3) is 0 Å². The van der Waals surface area contributed by atoms with Crippen molar-refractivity contribution in [2.24, 2.45) is 5.41 Å². The predicted octanol–water partition coefficient (Wildman–Crippen LogP) is 2.01. The number of hydrogen-bond donors (Lipinski definition) is 1. The van der Waals surface area contributed by atoms with Crippen LogP contribution in [0.15, 0.2) is 12.3 Å². The zero-order chi connectivity index (χ0) is 14.4. The van der Waals surface area contributed by atoms with Crippen LogP contribution in [-0.2, 0) is 11.3 Å². The standard InChI is InChI=1S/C15H24N2O3/c1-18-9-7-15(5-6-15)11-16-10-12-14(20-3)13(19-2)4-8-17-12/h4,8,16H,5-7,9-11H2,1-3H3. The Bertz CT molecular complexity index is 433. The van der Waals surface area contributed by atoms with Gasteiger partial charge in [-0.05, 0) is 24.7 Å². The maximum atomic E-state index is 5.38.